The van der Waals surface area contributed by atoms with Crippen molar-refractivity contribution in [2.24, 2.45) is 10.9 Å². The van der Waals surface area contributed by atoms with Crippen molar-refractivity contribution in [3.63, 3.8) is 0 Å². The molecule has 7 heteroatoms. The van der Waals surface area contributed by atoms with E-state index in [1.54, 1.807) is 11.3 Å². The van der Waals surface area contributed by atoms with Crippen LogP contribution in [0.25, 0.3) is 0 Å². The van der Waals surface area contributed by atoms with Crippen LogP contribution >= 0.6 is 23.1 Å². The number of piperazine rings is 1. The lowest BCUT2D eigenvalue weighted by Gasteiger charge is -2.37. The first kappa shape index (κ1) is 18.5. The summed E-state index contributed by atoms with van der Waals surface area (Å²) in [6, 6.07) is 0. The van der Waals surface area contributed by atoms with Crippen LogP contribution in [0.5, 0.6) is 0 Å². The maximum absolute atomic E-state index is 4.44. The molecule has 1 aliphatic heterocycles. The van der Waals surface area contributed by atoms with Gasteiger partial charge >= 0.3 is 0 Å². The zero-order valence-corrected chi connectivity index (χ0v) is 16.1. The van der Waals surface area contributed by atoms with Crippen molar-refractivity contribution in [1.29, 1.82) is 0 Å². The molecule has 1 aromatic rings. The summed E-state index contributed by atoms with van der Waals surface area (Å²) in [5, 5.41) is 5.53. The minimum absolute atomic E-state index is 0.745. The molecule has 130 valence electrons. The van der Waals surface area contributed by atoms with Gasteiger partial charge in [-0.15, -0.1) is 11.3 Å². The van der Waals surface area contributed by atoms with Gasteiger partial charge < -0.3 is 10.2 Å². The van der Waals surface area contributed by atoms with Gasteiger partial charge in [0.1, 0.15) is 4.34 Å². The van der Waals surface area contributed by atoms with E-state index in [1.807, 2.05) is 30.4 Å². The number of thiazole rings is 1. The lowest BCUT2D eigenvalue weighted by atomic mass is 10.2. The normalized spacial score (nSPS) is 17.0. The predicted molar refractivity (Wildman–Crippen MR) is 102 cm³/mol. The van der Waals surface area contributed by atoms with Crippen LogP contribution in [0.15, 0.2) is 20.9 Å². The lowest BCUT2D eigenvalue weighted by molar-refractivity contribution is 0.164. The van der Waals surface area contributed by atoms with Crippen molar-refractivity contribution in [3.8, 4) is 0 Å². The minimum Gasteiger partial charge on any atom is -0.356 e. The molecule has 0 unspecified atom stereocenters. The minimum atomic E-state index is 0.745. The first-order chi connectivity index (χ1) is 11.2. The first-order valence-electron chi connectivity index (χ1n) is 8.39. The Morgan fingerprint density at radius 2 is 2.17 bits per heavy atom. The van der Waals surface area contributed by atoms with Gasteiger partial charge in [0.2, 0.25) is 0 Å². The highest BCUT2D eigenvalue weighted by molar-refractivity contribution is 8.00. The number of aromatic nitrogens is 1. The van der Waals surface area contributed by atoms with Gasteiger partial charge in [-0.05, 0) is 12.3 Å². The van der Waals surface area contributed by atoms with E-state index in [2.05, 4.69) is 38.9 Å². The van der Waals surface area contributed by atoms with E-state index < -0.39 is 0 Å². The number of nitrogens with one attached hydrogen (secondary N) is 1. The predicted octanol–water partition coefficient (Wildman–Crippen LogP) is 2.47. The average Bonchev–Trinajstić information content (AvgIpc) is 3.05. The van der Waals surface area contributed by atoms with Gasteiger partial charge in [-0.2, -0.15) is 0 Å². The fourth-order valence-corrected chi connectivity index (χ4v) is 4.35. The van der Waals surface area contributed by atoms with Gasteiger partial charge in [0.25, 0.3) is 0 Å². The van der Waals surface area contributed by atoms with E-state index in [4.69, 9.17) is 0 Å². The maximum Gasteiger partial charge on any atom is 0.193 e. The van der Waals surface area contributed by atoms with Gasteiger partial charge in [0.15, 0.2) is 5.96 Å². The second kappa shape index (κ2) is 10.2. The van der Waals surface area contributed by atoms with Crippen molar-refractivity contribution < 1.29 is 0 Å². The Hall–Kier alpha value is -0.790. The summed E-state index contributed by atoms with van der Waals surface area (Å²) in [6.45, 7) is 11.2. The number of rotatable bonds is 7. The van der Waals surface area contributed by atoms with Crippen LogP contribution in [-0.4, -0.2) is 72.8 Å². The van der Waals surface area contributed by atoms with Crippen LogP contribution in [0.4, 0.5) is 0 Å². The van der Waals surface area contributed by atoms with Crippen molar-refractivity contribution in [3.05, 3.63) is 11.6 Å². The van der Waals surface area contributed by atoms with E-state index in [0.717, 1.165) is 61.1 Å². The molecular weight excluding hydrogens is 326 g/mol. The molecule has 2 heterocycles. The summed E-state index contributed by atoms with van der Waals surface area (Å²) in [4.78, 5) is 13.7. The number of hydrogen-bond acceptors (Lipinski definition) is 5. The summed E-state index contributed by atoms with van der Waals surface area (Å²) < 4.78 is 1.16. The summed E-state index contributed by atoms with van der Waals surface area (Å²) in [6.07, 6.45) is 2.99. The van der Waals surface area contributed by atoms with Gasteiger partial charge in [-0.25, -0.2) is 4.98 Å². The number of thioether (sulfide) groups is 1. The summed E-state index contributed by atoms with van der Waals surface area (Å²) in [5.41, 5.74) is 0. The molecule has 0 radical (unpaired) electrons. The Labute approximate surface area is 148 Å². The molecule has 1 aromatic heterocycles. The molecular formula is C16H29N5S2. The van der Waals surface area contributed by atoms with Gasteiger partial charge in [-0.3, -0.25) is 9.89 Å². The molecule has 0 amide bonds. The maximum atomic E-state index is 4.44. The summed E-state index contributed by atoms with van der Waals surface area (Å²) >= 11 is 3.55. The Bertz CT molecular complexity index is 453. The Morgan fingerprint density at radius 3 is 2.78 bits per heavy atom. The third-order valence-corrected chi connectivity index (χ3v) is 5.80. The molecule has 1 aliphatic rings. The number of aliphatic imine (C=N–C) groups is 1. The van der Waals surface area contributed by atoms with Crippen LogP contribution < -0.4 is 5.32 Å². The van der Waals surface area contributed by atoms with Crippen molar-refractivity contribution >= 4 is 29.1 Å². The molecule has 23 heavy (non-hydrogen) atoms. The van der Waals surface area contributed by atoms with Crippen LogP contribution in [0.1, 0.15) is 20.3 Å². The fraction of sp³-hybridized carbons (Fsp3) is 0.750. The highest BCUT2D eigenvalue weighted by Crippen LogP contribution is 2.20. The first-order valence-corrected chi connectivity index (χ1v) is 10.3. The molecule has 0 aromatic carbocycles. The second-order valence-corrected chi connectivity index (χ2v) is 8.39. The zero-order chi connectivity index (χ0) is 16.5. The van der Waals surface area contributed by atoms with E-state index in [-0.39, 0.29) is 0 Å². The third kappa shape index (κ3) is 6.69. The average molecular weight is 356 g/mol. The van der Waals surface area contributed by atoms with Gasteiger partial charge in [0.05, 0.1) is 0 Å². The fourth-order valence-electron chi connectivity index (χ4n) is 2.70. The van der Waals surface area contributed by atoms with Gasteiger partial charge in [-0.1, -0.05) is 25.6 Å². The molecule has 0 atom stereocenters. The summed E-state index contributed by atoms with van der Waals surface area (Å²) in [7, 11) is 1.88. The third-order valence-electron chi connectivity index (χ3n) is 3.75. The lowest BCUT2D eigenvalue weighted by Crippen LogP contribution is -2.53. The molecule has 5 nitrogen and oxygen atoms in total. The van der Waals surface area contributed by atoms with E-state index in [1.165, 1.54) is 6.54 Å². The SMILES string of the molecule is CN=C(NCCCSc1nccs1)N1CCN(CC(C)C)CC1. The molecule has 0 aliphatic carbocycles. The largest absolute Gasteiger partial charge is 0.356 e. The summed E-state index contributed by atoms with van der Waals surface area (Å²) in [5.74, 6) is 2.89. The van der Waals surface area contributed by atoms with E-state index in [0.29, 0.717) is 0 Å². The quantitative estimate of drug-likeness (QED) is 0.352. The smallest absolute Gasteiger partial charge is 0.193 e. The van der Waals surface area contributed by atoms with Crippen LogP contribution in [0.3, 0.4) is 0 Å². The molecule has 1 saturated heterocycles. The van der Waals surface area contributed by atoms with Gasteiger partial charge in [0, 0.05) is 63.6 Å². The van der Waals surface area contributed by atoms with Crippen LogP contribution in [0.2, 0.25) is 0 Å². The monoisotopic (exact) mass is 355 g/mol. The standard InChI is InChI=1S/C16H29N5S2/c1-14(2)13-20-7-9-21(10-8-20)15(17-3)18-5-4-11-22-16-19-6-12-23-16/h6,12,14H,4-5,7-11,13H2,1-3H3,(H,17,18). The topological polar surface area (TPSA) is 43.8 Å². The zero-order valence-electron chi connectivity index (χ0n) is 14.5. The van der Waals surface area contributed by atoms with E-state index in [9.17, 15) is 0 Å². The number of hydrogen-bond donors (Lipinski definition) is 1. The second-order valence-electron chi connectivity index (χ2n) is 6.16. The molecule has 0 spiro atoms. The Kier molecular flexibility index (Phi) is 8.19. The molecule has 1 fully saturated rings. The molecule has 0 bridgehead atoms. The van der Waals surface area contributed by atoms with Crippen LogP contribution in [-0.2, 0) is 0 Å². The molecule has 1 N–H and O–H groups in total. The highest BCUT2D eigenvalue weighted by Gasteiger charge is 2.19. The van der Waals surface area contributed by atoms with Crippen LogP contribution in [0, 0.1) is 5.92 Å². The van der Waals surface area contributed by atoms with Crippen molar-refractivity contribution in [2.75, 3.05) is 52.1 Å². The highest BCUT2D eigenvalue weighted by atomic mass is 32.2. The molecule has 0 saturated carbocycles. The van der Waals surface area contributed by atoms with Crippen molar-refractivity contribution in [1.82, 2.24) is 20.1 Å². The van der Waals surface area contributed by atoms with Crippen molar-refractivity contribution in [2.45, 2.75) is 24.6 Å². The van der Waals surface area contributed by atoms with E-state index >= 15 is 0 Å². The Balaban J connectivity index is 1.62. The Morgan fingerprint density at radius 1 is 1.39 bits per heavy atom. The number of guanidine groups is 1. The molecule has 2 rings (SSSR count). The number of nitrogens with zero attached hydrogens (tertiary/aromatic N) is 4.